The van der Waals surface area contributed by atoms with Crippen LogP contribution in [0, 0.1) is 0 Å². The van der Waals surface area contributed by atoms with Crippen molar-refractivity contribution in [1.82, 2.24) is 4.90 Å². The first-order valence-electron chi connectivity index (χ1n) is 7.60. The predicted molar refractivity (Wildman–Crippen MR) is 85.8 cm³/mol. The lowest BCUT2D eigenvalue weighted by molar-refractivity contribution is -0.282. The van der Waals surface area contributed by atoms with E-state index in [0.29, 0.717) is 6.61 Å². The van der Waals surface area contributed by atoms with Crippen LogP contribution < -0.4 is 0 Å². The highest BCUT2D eigenvalue weighted by Gasteiger charge is 2.46. The van der Waals surface area contributed by atoms with Gasteiger partial charge in [0.15, 0.2) is 11.5 Å². The Hall–Kier alpha value is -1.08. The summed E-state index contributed by atoms with van der Waals surface area (Å²) in [6.07, 6.45) is 0.650. The standard InChI is InChI=1S/C16H20N2O3S/c1-18(2)16-17-11-8-12-13(21-15(11)22-16)9-19-14(20-12)10-6-4-3-5-7-10/h3-7,11-15H,8-9H2,1-2H3/t11-,12+,13-,14?,15-/m1/s1. The second-order valence-electron chi connectivity index (χ2n) is 6.02. The second kappa shape index (κ2) is 5.85. The highest BCUT2D eigenvalue weighted by atomic mass is 32.2. The first kappa shape index (κ1) is 14.5. The van der Waals surface area contributed by atoms with Crippen LogP contribution in [0.4, 0.5) is 0 Å². The average molecular weight is 320 g/mol. The van der Waals surface area contributed by atoms with Gasteiger partial charge in [0.05, 0.1) is 18.8 Å². The van der Waals surface area contributed by atoms with Crippen LogP contribution in [0.5, 0.6) is 0 Å². The molecule has 0 bridgehead atoms. The molecule has 5 nitrogen and oxygen atoms in total. The van der Waals surface area contributed by atoms with Crippen molar-refractivity contribution in [3.05, 3.63) is 35.9 Å². The predicted octanol–water partition coefficient (Wildman–Crippen LogP) is 2.25. The number of ether oxygens (including phenoxy) is 3. The molecule has 0 aromatic heterocycles. The van der Waals surface area contributed by atoms with E-state index in [2.05, 4.69) is 0 Å². The molecule has 6 heteroatoms. The van der Waals surface area contributed by atoms with Crippen molar-refractivity contribution in [2.75, 3.05) is 20.7 Å². The number of thioether (sulfide) groups is 1. The van der Waals surface area contributed by atoms with Crippen molar-refractivity contribution in [3.63, 3.8) is 0 Å². The lowest BCUT2D eigenvalue weighted by Crippen LogP contribution is -2.50. The number of fused-ring (bicyclic) bond motifs is 2. The van der Waals surface area contributed by atoms with Crippen LogP contribution >= 0.6 is 11.8 Å². The molecule has 2 saturated heterocycles. The summed E-state index contributed by atoms with van der Waals surface area (Å²) < 4.78 is 18.1. The highest BCUT2D eigenvalue weighted by Crippen LogP contribution is 2.41. The molecule has 3 aliphatic heterocycles. The Morgan fingerprint density at radius 2 is 1.95 bits per heavy atom. The van der Waals surface area contributed by atoms with Crippen molar-refractivity contribution < 1.29 is 14.2 Å². The van der Waals surface area contributed by atoms with Gasteiger partial charge in [0, 0.05) is 26.1 Å². The summed E-state index contributed by atoms with van der Waals surface area (Å²) in [7, 11) is 4.03. The van der Waals surface area contributed by atoms with Crippen molar-refractivity contribution >= 4 is 16.9 Å². The van der Waals surface area contributed by atoms with E-state index < -0.39 is 0 Å². The van der Waals surface area contributed by atoms with Gasteiger partial charge < -0.3 is 19.1 Å². The van der Waals surface area contributed by atoms with Crippen LogP contribution in [-0.4, -0.2) is 54.5 Å². The minimum atomic E-state index is -0.297. The average Bonchev–Trinajstić information content (AvgIpc) is 2.96. The molecule has 2 fully saturated rings. The van der Waals surface area contributed by atoms with Crippen LogP contribution in [0.2, 0.25) is 0 Å². The van der Waals surface area contributed by atoms with Gasteiger partial charge in [-0.1, -0.05) is 42.1 Å². The van der Waals surface area contributed by atoms with Gasteiger partial charge in [-0.05, 0) is 0 Å². The van der Waals surface area contributed by atoms with Crippen molar-refractivity contribution in [2.45, 2.75) is 36.4 Å². The molecule has 118 valence electrons. The van der Waals surface area contributed by atoms with Gasteiger partial charge in [-0.3, -0.25) is 4.99 Å². The molecule has 0 spiro atoms. The summed E-state index contributed by atoms with van der Waals surface area (Å²) in [6, 6.07) is 10.2. The fourth-order valence-corrected chi connectivity index (χ4v) is 4.17. The summed E-state index contributed by atoms with van der Waals surface area (Å²) in [6.45, 7) is 0.575. The number of hydrogen-bond donors (Lipinski definition) is 0. The minimum absolute atomic E-state index is 0.00502. The molecule has 0 N–H and O–H groups in total. The van der Waals surface area contributed by atoms with Crippen LogP contribution in [0.15, 0.2) is 35.3 Å². The quantitative estimate of drug-likeness (QED) is 0.794. The number of nitrogens with zero attached hydrogens (tertiary/aromatic N) is 2. The fourth-order valence-electron chi connectivity index (χ4n) is 3.02. The van der Waals surface area contributed by atoms with E-state index in [0.717, 1.165) is 17.2 Å². The molecule has 5 atom stereocenters. The minimum Gasteiger partial charge on any atom is -0.358 e. The lowest BCUT2D eigenvalue weighted by atomic mass is 10.0. The highest BCUT2D eigenvalue weighted by molar-refractivity contribution is 8.14. The normalized spacial score (nSPS) is 37.2. The molecule has 3 heterocycles. The molecule has 1 aromatic carbocycles. The summed E-state index contributed by atoms with van der Waals surface area (Å²) in [5.41, 5.74) is 1.15. The Morgan fingerprint density at radius 3 is 2.73 bits per heavy atom. The Balaban J connectivity index is 1.47. The van der Waals surface area contributed by atoms with Crippen LogP contribution in [0.25, 0.3) is 0 Å². The fraction of sp³-hybridized carbons (Fsp3) is 0.562. The zero-order valence-corrected chi connectivity index (χ0v) is 13.5. The van der Waals surface area contributed by atoms with Gasteiger partial charge in [-0.2, -0.15) is 0 Å². The van der Waals surface area contributed by atoms with Crippen molar-refractivity contribution in [3.8, 4) is 0 Å². The maximum absolute atomic E-state index is 6.15. The summed E-state index contributed by atoms with van der Waals surface area (Å²) in [4.78, 5) is 6.80. The second-order valence-corrected chi connectivity index (χ2v) is 7.09. The third kappa shape index (κ3) is 2.65. The molecule has 1 unspecified atom stereocenters. The topological polar surface area (TPSA) is 43.3 Å². The van der Waals surface area contributed by atoms with E-state index in [-0.39, 0.29) is 30.0 Å². The Bertz CT molecular complexity index is 566. The van der Waals surface area contributed by atoms with Gasteiger partial charge in [0.25, 0.3) is 0 Å². The Kier molecular flexibility index (Phi) is 3.86. The lowest BCUT2D eigenvalue weighted by Gasteiger charge is -2.42. The number of aliphatic imine (C=N–C) groups is 1. The molecule has 0 aliphatic carbocycles. The van der Waals surface area contributed by atoms with E-state index in [1.807, 2.05) is 49.3 Å². The van der Waals surface area contributed by atoms with Gasteiger partial charge in [-0.25, -0.2) is 0 Å². The van der Waals surface area contributed by atoms with Gasteiger partial charge in [-0.15, -0.1) is 0 Å². The Labute approximate surface area is 134 Å². The largest absolute Gasteiger partial charge is 0.358 e. The van der Waals surface area contributed by atoms with Crippen LogP contribution in [0.1, 0.15) is 18.3 Å². The monoisotopic (exact) mass is 320 g/mol. The summed E-state index contributed by atoms with van der Waals surface area (Å²) in [5.74, 6) is 0. The molecule has 1 aromatic rings. The van der Waals surface area contributed by atoms with E-state index in [9.17, 15) is 0 Å². The molecule has 4 rings (SSSR count). The number of amidine groups is 1. The first-order chi connectivity index (χ1) is 10.7. The van der Waals surface area contributed by atoms with Crippen LogP contribution in [-0.2, 0) is 14.2 Å². The van der Waals surface area contributed by atoms with Gasteiger partial charge in [0.1, 0.15) is 11.5 Å². The number of benzene rings is 1. The number of hydrogen-bond acceptors (Lipinski definition) is 6. The zero-order chi connectivity index (χ0) is 15.1. The molecule has 22 heavy (non-hydrogen) atoms. The van der Waals surface area contributed by atoms with Crippen LogP contribution in [0.3, 0.4) is 0 Å². The number of rotatable bonds is 1. The SMILES string of the molecule is CN(C)C1=N[C@@H]2C[C@@H]3OC(c4ccccc4)OC[C@H]3O[C@@H]2S1. The van der Waals surface area contributed by atoms with E-state index in [1.165, 1.54) is 0 Å². The maximum atomic E-state index is 6.15. The summed E-state index contributed by atoms with van der Waals surface area (Å²) in [5, 5.41) is 1.04. The third-order valence-corrected chi connectivity index (χ3v) is 5.51. The molecule has 0 radical (unpaired) electrons. The van der Waals surface area contributed by atoms with E-state index >= 15 is 0 Å². The Morgan fingerprint density at radius 1 is 1.14 bits per heavy atom. The van der Waals surface area contributed by atoms with Gasteiger partial charge >= 0.3 is 0 Å². The molecule has 3 aliphatic rings. The maximum Gasteiger partial charge on any atom is 0.184 e. The summed E-state index contributed by atoms with van der Waals surface area (Å²) >= 11 is 1.70. The smallest absolute Gasteiger partial charge is 0.184 e. The third-order valence-electron chi connectivity index (χ3n) is 4.17. The van der Waals surface area contributed by atoms with Gasteiger partial charge in [0.2, 0.25) is 0 Å². The van der Waals surface area contributed by atoms with E-state index in [4.69, 9.17) is 19.2 Å². The van der Waals surface area contributed by atoms with Crippen molar-refractivity contribution in [1.29, 1.82) is 0 Å². The molecular formula is C16H20N2O3S. The zero-order valence-electron chi connectivity index (χ0n) is 12.7. The molecule has 0 saturated carbocycles. The molecule has 0 amide bonds. The molecular weight excluding hydrogens is 300 g/mol. The first-order valence-corrected chi connectivity index (χ1v) is 8.48. The van der Waals surface area contributed by atoms with E-state index in [1.54, 1.807) is 11.8 Å². The van der Waals surface area contributed by atoms with Crippen molar-refractivity contribution in [2.24, 2.45) is 4.99 Å².